The summed E-state index contributed by atoms with van der Waals surface area (Å²) in [6.45, 7) is 1.46. The van der Waals surface area contributed by atoms with Crippen LogP contribution in [0.1, 0.15) is 22.6 Å². The molecule has 0 spiro atoms. The molecule has 0 radical (unpaired) electrons. The van der Waals surface area contributed by atoms with Crippen molar-refractivity contribution in [1.29, 1.82) is 0 Å². The number of carbonyl (C=O) groups is 1. The van der Waals surface area contributed by atoms with E-state index in [1.807, 2.05) is 24.3 Å². The van der Waals surface area contributed by atoms with Crippen molar-refractivity contribution in [1.82, 2.24) is 0 Å². The van der Waals surface area contributed by atoms with Gasteiger partial charge in [0.1, 0.15) is 12.4 Å². The van der Waals surface area contributed by atoms with E-state index in [0.717, 1.165) is 11.3 Å². The molecule has 5 heteroatoms. The van der Waals surface area contributed by atoms with Crippen LogP contribution >= 0.6 is 0 Å². The Bertz CT molecular complexity index is 1030. The molecule has 0 bridgehead atoms. The molecule has 1 aliphatic heterocycles. The summed E-state index contributed by atoms with van der Waals surface area (Å²) >= 11 is 0. The van der Waals surface area contributed by atoms with Crippen molar-refractivity contribution in [3.8, 4) is 16.9 Å². The molecule has 146 valence electrons. The smallest absolute Gasteiger partial charge is 0.414 e. The fourth-order valence-corrected chi connectivity index (χ4v) is 4.27. The van der Waals surface area contributed by atoms with Crippen LogP contribution in [0.2, 0.25) is 0 Å². The van der Waals surface area contributed by atoms with Crippen LogP contribution < -0.4 is 4.90 Å². The Balaban J connectivity index is 1.39. The number of nitrogens with zero attached hydrogens (tertiary/aromatic N) is 1. The Hall–Kier alpha value is -3.31. The molecule has 5 rings (SSSR count). The first kappa shape index (κ1) is 17.8. The first-order valence-corrected chi connectivity index (χ1v) is 9.74. The molecule has 1 heterocycles. The predicted octanol–water partition coefficient (Wildman–Crippen LogP) is 4.68. The van der Waals surface area contributed by atoms with Crippen molar-refractivity contribution in [2.75, 3.05) is 24.7 Å². The van der Waals surface area contributed by atoms with Crippen LogP contribution in [-0.4, -0.2) is 31.0 Å². The van der Waals surface area contributed by atoms with Gasteiger partial charge in [0, 0.05) is 11.5 Å². The first-order valence-electron chi connectivity index (χ1n) is 9.74. The van der Waals surface area contributed by atoms with E-state index in [4.69, 9.17) is 9.47 Å². The van der Waals surface area contributed by atoms with Gasteiger partial charge in [-0.1, -0.05) is 48.5 Å². The SMILES string of the molecule is O=C(OCC1c2ccccc2-c2ccccc21)N1CCOCc2cc(O)ccc21. The standard InChI is InChI=1S/C24H21NO4/c26-17-9-10-23-16(13-17)14-28-12-11-25(23)24(27)29-15-22-20-7-3-1-5-18(20)19-6-2-4-8-21(19)22/h1-10,13,22,26H,11-12,14-15H2. The first-order chi connectivity index (χ1) is 14.2. The van der Waals surface area contributed by atoms with Gasteiger partial charge in [-0.25, -0.2) is 4.79 Å². The van der Waals surface area contributed by atoms with Crippen LogP contribution in [0.5, 0.6) is 5.75 Å². The van der Waals surface area contributed by atoms with Crippen LogP contribution in [0, 0.1) is 0 Å². The molecular formula is C24H21NO4. The molecule has 0 saturated carbocycles. The molecule has 1 N–H and O–H groups in total. The molecule has 0 atom stereocenters. The summed E-state index contributed by atoms with van der Waals surface area (Å²) < 4.78 is 11.4. The Kier molecular flexibility index (Phi) is 4.45. The lowest BCUT2D eigenvalue weighted by molar-refractivity contribution is 0.126. The molecular weight excluding hydrogens is 366 g/mol. The Labute approximate surface area is 169 Å². The van der Waals surface area contributed by atoms with Crippen molar-refractivity contribution < 1.29 is 19.4 Å². The van der Waals surface area contributed by atoms with Crippen molar-refractivity contribution >= 4 is 11.8 Å². The summed E-state index contributed by atoms with van der Waals surface area (Å²) in [5.41, 5.74) is 6.27. The largest absolute Gasteiger partial charge is 0.508 e. The molecule has 2 aliphatic rings. The highest BCUT2D eigenvalue weighted by atomic mass is 16.6. The van der Waals surface area contributed by atoms with E-state index >= 15 is 0 Å². The minimum atomic E-state index is -0.399. The lowest BCUT2D eigenvalue weighted by Gasteiger charge is -2.23. The van der Waals surface area contributed by atoms with Gasteiger partial charge >= 0.3 is 6.09 Å². The fourth-order valence-electron chi connectivity index (χ4n) is 4.27. The van der Waals surface area contributed by atoms with E-state index in [-0.39, 0.29) is 18.3 Å². The number of carbonyl (C=O) groups excluding carboxylic acids is 1. The summed E-state index contributed by atoms with van der Waals surface area (Å²) in [5.74, 6) is 0.176. The fraction of sp³-hybridized carbons (Fsp3) is 0.208. The normalized spacial score (nSPS) is 15.2. The van der Waals surface area contributed by atoms with Gasteiger partial charge in [-0.05, 0) is 40.5 Å². The zero-order valence-corrected chi connectivity index (χ0v) is 15.9. The van der Waals surface area contributed by atoms with Crippen molar-refractivity contribution in [3.05, 3.63) is 83.4 Å². The summed E-state index contributed by atoms with van der Waals surface area (Å²) in [6, 6.07) is 21.5. The zero-order chi connectivity index (χ0) is 19.8. The maximum atomic E-state index is 13.0. The minimum Gasteiger partial charge on any atom is -0.508 e. The van der Waals surface area contributed by atoms with Gasteiger partial charge < -0.3 is 14.6 Å². The van der Waals surface area contributed by atoms with E-state index in [2.05, 4.69) is 24.3 Å². The number of hydrogen-bond donors (Lipinski definition) is 1. The van der Waals surface area contributed by atoms with Crippen LogP contribution in [0.3, 0.4) is 0 Å². The maximum Gasteiger partial charge on any atom is 0.414 e. The van der Waals surface area contributed by atoms with Gasteiger partial charge in [-0.3, -0.25) is 4.90 Å². The van der Waals surface area contributed by atoms with E-state index in [9.17, 15) is 9.90 Å². The Morgan fingerprint density at radius 2 is 1.72 bits per heavy atom. The third kappa shape index (κ3) is 3.13. The van der Waals surface area contributed by atoms with Gasteiger partial charge in [0.05, 0.1) is 25.4 Å². The highest BCUT2D eigenvalue weighted by Crippen LogP contribution is 2.44. The lowest BCUT2D eigenvalue weighted by Crippen LogP contribution is -2.34. The lowest BCUT2D eigenvalue weighted by atomic mass is 9.98. The van der Waals surface area contributed by atoms with Crippen LogP contribution in [0.4, 0.5) is 10.5 Å². The highest BCUT2D eigenvalue weighted by Gasteiger charge is 2.30. The van der Waals surface area contributed by atoms with E-state index < -0.39 is 6.09 Å². The molecule has 1 amide bonds. The molecule has 1 aliphatic carbocycles. The number of rotatable bonds is 2. The number of hydrogen-bond acceptors (Lipinski definition) is 4. The molecule has 5 nitrogen and oxygen atoms in total. The van der Waals surface area contributed by atoms with E-state index in [0.29, 0.717) is 19.8 Å². The highest BCUT2D eigenvalue weighted by molar-refractivity contribution is 5.89. The van der Waals surface area contributed by atoms with Gasteiger partial charge in [0.2, 0.25) is 0 Å². The van der Waals surface area contributed by atoms with Crippen LogP contribution in [-0.2, 0) is 16.1 Å². The Morgan fingerprint density at radius 3 is 2.45 bits per heavy atom. The molecule has 3 aromatic carbocycles. The molecule has 29 heavy (non-hydrogen) atoms. The molecule has 3 aromatic rings. The minimum absolute atomic E-state index is 0.0221. The second-order valence-corrected chi connectivity index (χ2v) is 7.32. The van der Waals surface area contributed by atoms with Gasteiger partial charge in [-0.15, -0.1) is 0 Å². The van der Waals surface area contributed by atoms with E-state index in [1.54, 1.807) is 23.1 Å². The van der Waals surface area contributed by atoms with Crippen LogP contribution in [0.25, 0.3) is 11.1 Å². The number of ether oxygens (including phenoxy) is 2. The average molecular weight is 387 g/mol. The van der Waals surface area contributed by atoms with Gasteiger partial charge in [0.25, 0.3) is 0 Å². The molecule has 0 unspecified atom stereocenters. The summed E-state index contributed by atoms with van der Waals surface area (Å²) in [7, 11) is 0. The summed E-state index contributed by atoms with van der Waals surface area (Å²) in [5, 5.41) is 9.75. The number of amides is 1. The number of anilines is 1. The maximum absolute atomic E-state index is 13.0. The number of aromatic hydroxyl groups is 1. The summed E-state index contributed by atoms with van der Waals surface area (Å²) in [4.78, 5) is 14.6. The van der Waals surface area contributed by atoms with Crippen molar-refractivity contribution in [2.45, 2.75) is 12.5 Å². The molecule has 0 aromatic heterocycles. The Morgan fingerprint density at radius 1 is 1.03 bits per heavy atom. The van der Waals surface area contributed by atoms with Gasteiger partial charge in [-0.2, -0.15) is 0 Å². The van der Waals surface area contributed by atoms with Gasteiger partial charge in [0.15, 0.2) is 0 Å². The number of phenolic OH excluding ortho intramolecular Hbond substituents is 1. The van der Waals surface area contributed by atoms with Crippen molar-refractivity contribution in [3.63, 3.8) is 0 Å². The van der Waals surface area contributed by atoms with Crippen LogP contribution in [0.15, 0.2) is 66.7 Å². The number of phenols is 1. The monoisotopic (exact) mass is 387 g/mol. The average Bonchev–Trinajstić information content (AvgIpc) is 2.91. The van der Waals surface area contributed by atoms with E-state index in [1.165, 1.54) is 22.3 Å². The second-order valence-electron chi connectivity index (χ2n) is 7.32. The number of benzene rings is 3. The van der Waals surface area contributed by atoms with Crippen molar-refractivity contribution in [2.24, 2.45) is 0 Å². The molecule has 0 saturated heterocycles. The third-order valence-corrected chi connectivity index (χ3v) is 5.63. The summed E-state index contributed by atoms with van der Waals surface area (Å²) in [6.07, 6.45) is -0.399. The predicted molar refractivity (Wildman–Crippen MR) is 110 cm³/mol. The topological polar surface area (TPSA) is 59.0 Å². The zero-order valence-electron chi connectivity index (χ0n) is 15.9. The molecule has 0 fully saturated rings. The second kappa shape index (κ2) is 7.26. The number of fused-ring (bicyclic) bond motifs is 4. The third-order valence-electron chi connectivity index (χ3n) is 5.63. The quantitative estimate of drug-likeness (QED) is 0.694.